The number of hydrogen-bond acceptors (Lipinski definition) is 6. The van der Waals surface area contributed by atoms with Gasteiger partial charge < -0.3 is 14.5 Å². The lowest BCUT2D eigenvalue weighted by Crippen LogP contribution is -2.19. The standard InChI is InChI=1S/C20H18BrClN2O4S/c21-14-5-9-17(10-6-14)29(25,26)20-19(23-12-16-2-1-11-27-16)28-18(24-20)13-3-7-15(22)8-4-13/h3-10,16,23H,1-2,11-12H2. The highest BCUT2D eigenvalue weighted by molar-refractivity contribution is 9.10. The van der Waals surface area contributed by atoms with Crippen LogP contribution in [0, 0.1) is 0 Å². The van der Waals surface area contributed by atoms with Crippen LogP contribution in [0.1, 0.15) is 12.8 Å². The summed E-state index contributed by atoms with van der Waals surface area (Å²) in [5, 5.41) is 3.49. The summed E-state index contributed by atoms with van der Waals surface area (Å²) in [7, 11) is -3.88. The number of rotatable bonds is 6. The van der Waals surface area contributed by atoms with E-state index in [2.05, 4.69) is 26.2 Å². The van der Waals surface area contributed by atoms with Crippen molar-refractivity contribution >= 4 is 43.3 Å². The summed E-state index contributed by atoms with van der Waals surface area (Å²) in [6.07, 6.45) is 1.92. The molecule has 3 aromatic rings. The van der Waals surface area contributed by atoms with Gasteiger partial charge in [-0.25, -0.2) is 8.42 Å². The van der Waals surface area contributed by atoms with Crippen LogP contribution >= 0.6 is 27.5 Å². The summed E-state index contributed by atoms with van der Waals surface area (Å²) in [5.41, 5.74) is 0.631. The molecule has 1 unspecified atom stereocenters. The molecule has 4 rings (SSSR count). The van der Waals surface area contributed by atoms with Crippen LogP contribution in [0.4, 0.5) is 5.88 Å². The SMILES string of the molecule is O=S(=O)(c1ccc(Br)cc1)c1nc(-c2ccc(Cl)cc2)oc1NCC1CCCO1. The first-order valence-corrected chi connectivity index (χ1v) is 11.7. The molecule has 6 nitrogen and oxygen atoms in total. The molecule has 0 saturated carbocycles. The summed E-state index contributed by atoms with van der Waals surface area (Å²) in [6.45, 7) is 1.15. The topological polar surface area (TPSA) is 81.4 Å². The van der Waals surface area contributed by atoms with Crippen LogP contribution in [0.5, 0.6) is 0 Å². The molecule has 1 aliphatic heterocycles. The Kier molecular flexibility index (Phi) is 5.96. The second-order valence-corrected chi connectivity index (χ2v) is 9.85. The number of hydrogen-bond donors (Lipinski definition) is 1. The van der Waals surface area contributed by atoms with Crippen LogP contribution < -0.4 is 5.32 Å². The molecule has 29 heavy (non-hydrogen) atoms. The molecular weight excluding hydrogens is 480 g/mol. The fraction of sp³-hybridized carbons (Fsp3) is 0.250. The third kappa shape index (κ3) is 4.50. The number of nitrogens with one attached hydrogen (secondary N) is 1. The molecule has 1 saturated heterocycles. The van der Waals surface area contributed by atoms with Gasteiger partial charge in [-0.1, -0.05) is 27.5 Å². The highest BCUT2D eigenvalue weighted by atomic mass is 79.9. The normalized spacial score (nSPS) is 16.8. The average molecular weight is 498 g/mol. The monoisotopic (exact) mass is 496 g/mol. The Morgan fingerprint density at radius 2 is 1.86 bits per heavy atom. The van der Waals surface area contributed by atoms with Crippen LogP contribution in [0.15, 0.2) is 67.3 Å². The lowest BCUT2D eigenvalue weighted by atomic mass is 10.2. The zero-order chi connectivity index (χ0) is 20.4. The van der Waals surface area contributed by atoms with E-state index in [4.69, 9.17) is 20.8 Å². The minimum absolute atomic E-state index is 0.0160. The number of benzene rings is 2. The van der Waals surface area contributed by atoms with E-state index in [1.807, 2.05) is 0 Å². The van der Waals surface area contributed by atoms with Crippen LogP contribution in [0.3, 0.4) is 0 Å². The molecule has 9 heteroatoms. The molecule has 1 fully saturated rings. The zero-order valence-electron chi connectivity index (χ0n) is 15.3. The van der Waals surface area contributed by atoms with Crippen molar-refractivity contribution in [2.24, 2.45) is 0 Å². The van der Waals surface area contributed by atoms with E-state index in [9.17, 15) is 8.42 Å². The van der Waals surface area contributed by atoms with Gasteiger partial charge in [0.25, 0.3) is 0 Å². The maximum absolute atomic E-state index is 13.2. The maximum atomic E-state index is 13.2. The third-order valence-corrected chi connectivity index (χ3v) is 7.04. The predicted octanol–water partition coefficient (Wildman–Crippen LogP) is 5.18. The largest absolute Gasteiger partial charge is 0.419 e. The molecule has 2 aromatic carbocycles. The van der Waals surface area contributed by atoms with Crippen molar-refractivity contribution in [3.8, 4) is 11.5 Å². The van der Waals surface area contributed by atoms with Gasteiger partial charge in [0, 0.05) is 28.2 Å². The number of ether oxygens (including phenoxy) is 1. The highest BCUT2D eigenvalue weighted by Gasteiger charge is 2.29. The first-order valence-electron chi connectivity index (χ1n) is 9.06. The minimum atomic E-state index is -3.88. The fourth-order valence-electron chi connectivity index (χ4n) is 3.05. The Morgan fingerprint density at radius 1 is 1.14 bits per heavy atom. The van der Waals surface area contributed by atoms with E-state index >= 15 is 0 Å². The fourth-order valence-corrected chi connectivity index (χ4v) is 4.72. The van der Waals surface area contributed by atoms with Gasteiger partial charge in [-0.05, 0) is 61.4 Å². The molecule has 1 N–H and O–H groups in total. The summed E-state index contributed by atoms with van der Waals surface area (Å²) < 4.78 is 38.7. The first-order chi connectivity index (χ1) is 13.9. The van der Waals surface area contributed by atoms with E-state index < -0.39 is 9.84 Å². The molecule has 1 atom stereocenters. The summed E-state index contributed by atoms with van der Waals surface area (Å²) in [5.74, 6) is 0.306. The number of aromatic nitrogens is 1. The Bertz CT molecular complexity index is 1090. The van der Waals surface area contributed by atoms with Gasteiger partial charge in [0.05, 0.1) is 11.0 Å². The molecule has 1 aliphatic rings. The maximum Gasteiger partial charge on any atom is 0.233 e. The van der Waals surface area contributed by atoms with Gasteiger partial charge >= 0.3 is 0 Å². The molecule has 1 aromatic heterocycles. The Hall–Kier alpha value is -1.87. The Labute approximate surface area is 182 Å². The molecule has 0 spiro atoms. The number of sulfone groups is 1. The molecule has 2 heterocycles. The highest BCUT2D eigenvalue weighted by Crippen LogP contribution is 2.33. The van der Waals surface area contributed by atoms with Crippen LogP contribution in [0.2, 0.25) is 5.02 Å². The Morgan fingerprint density at radius 3 is 2.52 bits per heavy atom. The third-order valence-electron chi connectivity index (χ3n) is 4.58. The molecular formula is C20H18BrClN2O4S. The van der Waals surface area contributed by atoms with E-state index in [1.165, 1.54) is 12.1 Å². The van der Waals surface area contributed by atoms with Crippen LogP contribution in [-0.2, 0) is 14.6 Å². The average Bonchev–Trinajstić information content (AvgIpc) is 3.37. The van der Waals surface area contributed by atoms with Gasteiger partial charge in [-0.2, -0.15) is 4.98 Å². The number of oxazole rings is 1. The van der Waals surface area contributed by atoms with Gasteiger partial charge in [0.15, 0.2) is 0 Å². The van der Waals surface area contributed by atoms with Crippen molar-refractivity contribution in [1.29, 1.82) is 0 Å². The number of anilines is 1. The van der Waals surface area contributed by atoms with Crippen molar-refractivity contribution in [2.75, 3.05) is 18.5 Å². The second-order valence-electron chi connectivity index (χ2n) is 6.63. The van der Waals surface area contributed by atoms with Crippen molar-refractivity contribution in [1.82, 2.24) is 4.98 Å². The van der Waals surface area contributed by atoms with Gasteiger partial charge in [0.1, 0.15) is 0 Å². The second kappa shape index (κ2) is 8.47. The molecule has 0 aliphatic carbocycles. The van der Waals surface area contributed by atoms with Crippen molar-refractivity contribution in [3.05, 3.63) is 58.0 Å². The van der Waals surface area contributed by atoms with Gasteiger partial charge in [0.2, 0.25) is 26.6 Å². The van der Waals surface area contributed by atoms with Crippen LogP contribution in [0.25, 0.3) is 11.5 Å². The van der Waals surface area contributed by atoms with E-state index in [0.29, 0.717) is 23.7 Å². The molecule has 0 radical (unpaired) electrons. The molecule has 0 bridgehead atoms. The summed E-state index contributed by atoms with van der Waals surface area (Å²) in [6, 6.07) is 13.3. The van der Waals surface area contributed by atoms with Gasteiger partial charge in [-0.15, -0.1) is 0 Å². The van der Waals surface area contributed by atoms with E-state index in [0.717, 1.165) is 17.3 Å². The summed E-state index contributed by atoms with van der Waals surface area (Å²) in [4.78, 5) is 4.45. The number of halogens is 2. The minimum Gasteiger partial charge on any atom is -0.419 e. The lowest BCUT2D eigenvalue weighted by molar-refractivity contribution is 0.120. The smallest absolute Gasteiger partial charge is 0.233 e. The van der Waals surface area contributed by atoms with Crippen molar-refractivity contribution < 1.29 is 17.6 Å². The van der Waals surface area contributed by atoms with E-state index in [-0.39, 0.29) is 27.8 Å². The first kappa shape index (κ1) is 20.4. The lowest BCUT2D eigenvalue weighted by Gasteiger charge is -2.10. The molecule has 152 valence electrons. The van der Waals surface area contributed by atoms with Crippen LogP contribution in [-0.4, -0.2) is 32.7 Å². The quantitative estimate of drug-likeness (QED) is 0.505. The van der Waals surface area contributed by atoms with Crippen molar-refractivity contribution in [3.63, 3.8) is 0 Å². The van der Waals surface area contributed by atoms with E-state index in [1.54, 1.807) is 36.4 Å². The van der Waals surface area contributed by atoms with Crippen molar-refractivity contribution in [2.45, 2.75) is 28.9 Å². The molecule has 0 amide bonds. The summed E-state index contributed by atoms with van der Waals surface area (Å²) >= 11 is 9.27. The zero-order valence-corrected chi connectivity index (χ0v) is 18.4. The Balaban J connectivity index is 1.73. The number of nitrogens with zero attached hydrogens (tertiary/aromatic N) is 1. The van der Waals surface area contributed by atoms with Gasteiger partial charge in [-0.3, -0.25) is 0 Å². The predicted molar refractivity (Wildman–Crippen MR) is 114 cm³/mol.